The zero-order valence-electron chi connectivity index (χ0n) is 16.2. The van der Waals surface area contributed by atoms with Gasteiger partial charge in [0.1, 0.15) is 6.20 Å². The lowest BCUT2D eigenvalue weighted by molar-refractivity contribution is -0.384. The van der Waals surface area contributed by atoms with Crippen LogP contribution in [0.5, 0.6) is 0 Å². The minimum Gasteiger partial charge on any atom is -0.364 e. The number of aromatic nitrogens is 2. The van der Waals surface area contributed by atoms with E-state index >= 15 is 0 Å². The van der Waals surface area contributed by atoms with Crippen LogP contribution >= 0.6 is 0 Å². The summed E-state index contributed by atoms with van der Waals surface area (Å²) in [6.07, 6.45) is 5.68. The van der Waals surface area contributed by atoms with Gasteiger partial charge >= 0.3 is 5.69 Å². The van der Waals surface area contributed by atoms with Crippen molar-refractivity contribution in [3.63, 3.8) is 0 Å². The maximum Gasteiger partial charge on any atom is 0.329 e. The number of nitrogens with one attached hydrogen (secondary N) is 2. The lowest BCUT2D eigenvalue weighted by Crippen LogP contribution is -2.25. The van der Waals surface area contributed by atoms with E-state index in [2.05, 4.69) is 20.6 Å². The summed E-state index contributed by atoms with van der Waals surface area (Å²) < 4.78 is 0. The SMILES string of the molecule is C[C@H](Nc1ncc([N+](=O)[O-])c(NCC2CCC(CN)CC2)n1)c1ccccc1. The molecule has 0 saturated heterocycles. The maximum atomic E-state index is 11.4. The summed E-state index contributed by atoms with van der Waals surface area (Å²) in [7, 11) is 0. The first-order valence-electron chi connectivity index (χ1n) is 9.83. The van der Waals surface area contributed by atoms with Crippen LogP contribution in [-0.4, -0.2) is 28.0 Å². The molecule has 2 aromatic rings. The summed E-state index contributed by atoms with van der Waals surface area (Å²) in [5.74, 6) is 1.73. The van der Waals surface area contributed by atoms with Gasteiger partial charge in [-0.05, 0) is 56.6 Å². The van der Waals surface area contributed by atoms with E-state index in [0.717, 1.165) is 37.8 Å². The summed E-state index contributed by atoms with van der Waals surface area (Å²) in [5, 5.41) is 17.8. The van der Waals surface area contributed by atoms with E-state index in [1.807, 2.05) is 37.3 Å². The Morgan fingerprint density at radius 2 is 1.89 bits per heavy atom. The molecule has 0 amide bonds. The summed E-state index contributed by atoms with van der Waals surface area (Å²) in [6, 6.07) is 9.91. The van der Waals surface area contributed by atoms with Crippen molar-refractivity contribution in [1.29, 1.82) is 0 Å². The van der Waals surface area contributed by atoms with E-state index in [-0.39, 0.29) is 17.5 Å². The summed E-state index contributed by atoms with van der Waals surface area (Å²) >= 11 is 0. The third-order valence-electron chi connectivity index (χ3n) is 5.47. The van der Waals surface area contributed by atoms with Gasteiger partial charge in [0.05, 0.1) is 11.0 Å². The Bertz CT molecular complexity index is 778. The molecule has 8 nitrogen and oxygen atoms in total. The number of benzene rings is 1. The van der Waals surface area contributed by atoms with Crippen molar-refractivity contribution >= 4 is 17.5 Å². The molecule has 1 atom stereocenters. The second kappa shape index (κ2) is 9.45. The molecule has 0 spiro atoms. The van der Waals surface area contributed by atoms with Gasteiger partial charge in [-0.25, -0.2) is 4.98 Å². The van der Waals surface area contributed by atoms with Gasteiger partial charge < -0.3 is 16.4 Å². The van der Waals surface area contributed by atoms with Crippen LogP contribution in [0, 0.1) is 22.0 Å². The molecule has 1 aromatic heterocycles. The molecule has 0 radical (unpaired) electrons. The predicted molar refractivity (Wildman–Crippen MR) is 110 cm³/mol. The highest BCUT2D eigenvalue weighted by Gasteiger charge is 2.23. The molecule has 0 bridgehead atoms. The summed E-state index contributed by atoms with van der Waals surface area (Å²) in [5.41, 5.74) is 6.74. The van der Waals surface area contributed by atoms with Crippen molar-refractivity contribution in [2.75, 3.05) is 23.7 Å². The van der Waals surface area contributed by atoms with Gasteiger partial charge in [-0.3, -0.25) is 10.1 Å². The smallest absolute Gasteiger partial charge is 0.329 e. The first-order chi connectivity index (χ1) is 13.6. The van der Waals surface area contributed by atoms with E-state index in [4.69, 9.17) is 5.73 Å². The van der Waals surface area contributed by atoms with Crippen LogP contribution in [0.15, 0.2) is 36.5 Å². The average molecular weight is 384 g/mol. The Labute approximate surface area is 165 Å². The van der Waals surface area contributed by atoms with Crippen LogP contribution < -0.4 is 16.4 Å². The second-order valence-corrected chi connectivity index (χ2v) is 7.46. The highest BCUT2D eigenvalue weighted by atomic mass is 16.6. The molecule has 1 fully saturated rings. The molecule has 3 rings (SSSR count). The van der Waals surface area contributed by atoms with Gasteiger partial charge in [0.2, 0.25) is 11.8 Å². The Hall–Kier alpha value is -2.74. The quantitative estimate of drug-likeness (QED) is 0.468. The van der Waals surface area contributed by atoms with Crippen LogP contribution in [0.25, 0.3) is 0 Å². The molecule has 8 heteroatoms. The van der Waals surface area contributed by atoms with Crippen molar-refractivity contribution < 1.29 is 4.92 Å². The fourth-order valence-electron chi connectivity index (χ4n) is 3.64. The molecule has 1 aromatic carbocycles. The molecular weight excluding hydrogens is 356 g/mol. The van der Waals surface area contributed by atoms with Gasteiger partial charge in [0, 0.05) is 6.54 Å². The molecule has 1 heterocycles. The number of hydrogen-bond donors (Lipinski definition) is 3. The minimum absolute atomic E-state index is 0.0120. The van der Waals surface area contributed by atoms with Crippen LogP contribution in [0.4, 0.5) is 17.5 Å². The van der Waals surface area contributed by atoms with Crippen LogP contribution in [-0.2, 0) is 0 Å². The number of rotatable bonds is 8. The highest BCUT2D eigenvalue weighted by Crippen LogP contribution is 2.30. The van der Waals surface area contributed by atoms with Crippen molar-refractivity contribution in [3.8, 4) is 0 Å². The lowest BCUT2D eigenvalue weighted by atomic mass is 9.82. The average Bonchev–Trinajstić information content (AvgIpc) is 2.73. The van der Waals surface area contributed by atoms with Crippen molar-refractivity contribution in [2.45, 2.75) is 38.6 Å². The molecule has 150 valence electrons. The normalized spacial score (nSPS) is 20.4. The lowest BCUT2D eigenvalue weighted by Gasteiger charge is -2.27. The molecule has 28 heavy (non-hydrogen) atoms. The zero-order chi connectivity index (χ0) is 19.9. The molecule has 1 saturated carbocycles. The van der Waals surface area contributed by atoms with Gasteiger partial charge in [0.15, 0.2) is 0 Å². The zero-order valence-corrected chi connectivity index (χ0v) is 16.2. The number of nitrogens with zero attached hydrogens (tertiary/aromatic N) is 3. The van der Waals surface area contributed by atoms with Crippen molar-refractivity contribution in [2.24, 2.45) is 17.6 Å². The van der Waals surface area contributed by atoms with E-state index in [0.29, 0.717) is 24.3 Å². The Kier molecular flexibility index (Phi) is 6.76. The van der Waals surface area contributed by atoms with Gasteiger partial charge in [-0.2, -0.15) is 4.98 Å². The Morgan fingerprint density at radius 1 is 1.21 bits per heavy atom. The topological polar surface area (TPSA) is 119 Å². The fraction of sp³-hybridized carbons (Fsp3) is 0.500. The molecule has 0 unspecified atom stereocenters. The Morgan fingerprint density at radius 3 is 2.54 bits per heavy atom. The molecule has 1 aliphatic rings. The second-order valence-electron chi connectivity index (χ2n) is 7.46. The molecule has 0 aliphatic heterocycles. The van der Waals surface area contributed by atoms with E-state index < -0.39 is 4.92 Å². The van der Waals surface area contributed by atoms with Gasteiger partial charge in [-0.1, -0.05) is 30.3 Å². The van der Waals surface area contributed by atoms with Gasteiger partial charge in [-0.15, -0.1) is 0 Å². The van der Waals surface area contributed by atoms with E-state index in [9.17, 15) is 10.1 Å². The predicted octanol–water partition coefficient (Wildman–Crippen LogP) is 3.73. The molecule has 4 N–H and O–H groups in total. The van der Waals surface area contributed by atoms with E-state index in [1.165, 1.54) is 6.20 Å². The minimum atomic E-state index is -0.446. The monoisotopic (exact) mass is 384 g/mol. The first-order valence-corrected chi connectivity index (χ1v) is 9.83. The number of nitrogens with two attached hydrogens (primary N) is 1. The number of hydrogen-bond acceptors (Lipinski definition) is 7. The standard InChI is InChI=1S/C20H28N6O2/c1-14(17-5-3-2-4-6-17)24-20-23-13-18(26(27)28)19(25-20)22-12-16-9-7-15(11-21)8-10-16/h2-6,13-16H,7-12,21H2,1H3,(H2,22,23,24,25)/t14-,15?,16?/m0/s1. The summed E-state index contributed by atoms with van der Waals surface area (Å²) in [6.45, 7) is 3.41. The van der Waals surface area contributed by atoms with E-state index in [1.54, 1.807) is 0 Å². The van der Waals surface area contributed by atoms with Crippen LogP contribution in [0.3, 0.4) is 0 Å². The fourth-order valence-corrected chi connectivity index (χ4v) is 3.64. The van der Waals surface area contributed by atoms with Crippen LogP contribution in [0.2, 0.25) is 0 Å². The summed E-state index contributed by atoms with van der Waals surface area (Å²) in [4.78, 5) is 19.4. The van der Waals surface area contributed by atoms with Crippen LogP contribution in [0.1, 0.15) is 44.2 Å². The largest absolute Gasteiger partial charge is 0.364 e. The van der Waals surface area contributed by atoms with Crippen molar-refractivity contribution in [3.05, 3.63) is 52.2 Å². The third kappa shape index (κ3) is 5.16. The molecule has 1 aliphatic carbocycles. The third-order valence-corrected chi connectivity index (χ3v) is 5.47. The Balaban J connectivity index is 1.67. The highest BCUT2D eigenvalue weighted by molar-refractivity contribution is 5.57. The maximum absolute atomic E-state index is 11.4. The van der Waals surface area contributed by atoms with Gasteiger partial charge in [0.25, 0.3) is 0 Å². The van der Waals surface area contributed by atoms with Crippen molar-refractivity contribution in [1.82, 2.24) is 9.97 Å². The molecular formula is C20H28N6O2. The number of anilines is 2. The number of nitro groups is 1. The first kappa shape index (κ1) is 20.0.